The SMILES string of the molecule is CC(=O)N(c1ccccc1)C1CC(C)N(C(=O)c2ccco2)c2cnccc21. The van der Waals surface area contributed by atoms with Crippen LogP contribution in [0.1, 0.15) is 42.4 Å². The van der Waals surface area contributed by atoms with Crippen molar-refractivity contribution >= 4 is 23.2 Å². The second-order valence-electron chi connectivity index (χ2n) is 6.91. The highest BCUT2D eigenvalue weighted by atomic mass is 16.3. The summed E-state index contributed by atoms with van der Waals surface area (Å²) in [6, 6.07) is 14.5. The van der Waals surface area contributed by atoms with Crippen LogP contribution >= 0.6 is 0 Å². The molecule has 4 rings (SSSR count). The van der Waals surface area contributed by atoms with Crippen LogP contribution in [0.25, 0.3) is 0 Å². The average Bonchev–Trinajstić information content (AvgIpc) is 3.23. The number of benzene rings is 1. The topological polar surface area (TPSA) is 66.7 Å². The van der Waals surface area contributed by atoms with Crippen molar-refractivity contribution in [1.82, 2.24) is 4.98 Å². The fourth-order valence-corrected chi connectivity index (χ4v) is 3.92. The molecule has 2 atom stereocenters. The molecule has 0 aliphatic carbocycles. The fraction of sp³-hybridized carbons (Fsp3) is 0.227. The maximum absolute atomic E-state index is 13.0. The van der Waals surface area contributed by atoms with Gasteiger partial charge in [-0.15, -0.1) is 0 Å². The first-order valence-corrected chi connectivity index (χ1v) is 9.23. The molecular weight excluding hydrogens is 354 g/mol. The molecule has 1 aromatic carbocycles. The lowest BCUT2D eigenvalue weighted by molar-refractivity contribution is -0.117. The van der Waals surface area contributed by atoms with Gasteiger partial charge in [-0.2, -0.15) is 0 Å². The Morgan fingerprint density at radius 2 is 1.93 bits per heavy atom. The molecule has 28 heavy (non-hydrogen) atoms. The van der Waals surface area contributed by atoms with Crippen LogP contribution in [0.3, 0.4) is 0 Å². The number of pyridine rings is 1. The van der Waals surface area contributed by atoms with Gasteiger partial charge < -0.3 is 14.2 Å². The summed E-state index contributed by atoms with van der Waals surface area (Å²) >= 11 is 0. The summed E-state index contributed by atoms with van der Waals surface area (Å²) < 4.78 is 5.32. The predicted octanol–water partition coefficient (Wildman–Crippen LogP) is 4.21. The van der Waals surface area contributed by atoms with E-state index in [1.807, 2.05) is 43.3 Å². The van der Waals surface area contributed by atoms with Gasteiger partial charge in [0.1, 0.15) is 0 Å². The normalized spacial score (nSPS) is 18.4. The number of anilines is 2. The van der Waals surface area contributed by atoms with Gasteiger partial charge in [0, 0.05) is 30.4 Å². The Morgan fingerprint density at radius 1 is 1.14 bits per heavy atom. The Balaban J connectivity index is 1.79. The van der Waals surface area contributed by atoms with Gasteiger partial charge in [0.25, 0.3) is 5.91 Å². The molecule has 6 nitrogen and oxygen atoms in total. The predicted molar refractivity (Wildman–Crippen MR) is 106 cm³/mol. The Hall–Kier alpha value is -3.41. The number of carbonyl (C=O) groups excluding carboxylic acids is 2. The van der Waals surface area contributed by atoms with Crippen molar-refractivity contribution in [2.75, 3.05) is 9.80 Å². The van der Waals surface area contributed by atoms with Crippen molar-refractivity contribution in [2.24, 2.45) is 0 Å². The molecule has 0 saturated heterocycles. The van der Waals surface area contributed by atoms with E-state index in [2.05, 4.69) is 4.98 Å². The number of rotatable bonds is 3. The number of para-hydroxylation sites is 1. The Bertz CT molecular complexity index is 985. The minimum atomic E-state index is -0.209. The van der Waals surface area contributed by atoms with E-state index in [9.17, 15) is 9.59 Å². The third-order valence-corrected chi connectivity index (χ3v) is 5.09. The van der Waals surface area contributed by atoms with Gasteiger partial charge in [-0.3, -0.25) is 14.6 Å². The maximum Gasteiger partial charge on any atom is 0.294 e. The Labute approximate surface area is 163 Å². The van der Waals surface area contributed by atoms with Crippen LogP contribution < -0.4 is 9.80 Å². The highest BCUT2D eigenvalue weighted by molar-refractivity contribution is 6.05. The van der Waals surface area contributed by atoms with Crippen LogP contribution in [-0.4, -0.2) is 22.8 Å². The highest BCUT2D eigenvalue weighted by Gasteiger charge is 2.38. The van der Waals surface area contributed by atoms with Gasteiger partial charge in [0.15, 0.2) is 5.76 Å². The third kappa shape index (κ3) is 3.07. The van der Waals surface area contributed by atoms with Gasteiger partial charge in [0.2, 0.25) is 5.91 Å². The summed E-state index contributed by atoms with van der Waals surface area (Å²) in [5.41, 5.74) is 2.43. The van der Waals surface area contributed by atoms with Crippen LogP contribution in [0.4, 0.5) is 11.4 Å². The number of amides is 2. The van der Waals surface area contributed by atoms with Gasteiger partial charge in [-0.05, 0) is 43.7 Å². The molecule has 0 saturated carbocycles. The summed E-state index contributed by atoms with van der Waals surface area (Å²) in [6.45, 7) is 3.55. The molecule has 6 heteroatoms. The van der Waals surface area contributed by atoms with E-state index in [1.54, 1.807) is 41.2 Å². The first kappa shape index (κ1) is 18.0. The van der Waals surface area contributed by atoms with E-state index in [0.29, 0.717) is 12.1 Å². The van der Waals surface area contributed by atoms with Crippen molar-refractivity contribution in [3.63, 3.8) is 0 Å². The Morgan fingerprint density at radius 3 is 2.61 bits per heavy atom. The smallest absolute Gasteiger partial charge is 0.294 e. The van der Waals surface area contributed by atoms with Crippen LogP contribution in [-0.2, 0) is 4.79 Å². The number of hydrogen-bond donors (Lipinski definition) is 0. The van der Waals surface area contributed by atoms with Gasteiger partial charge >= 0.3 is 0 Å². The highest BCUT2D eigenvalue weighted by Crippen LogP contribution is 2.42. The van der Waals surface area contributed by atoms with Crippen molar-refractivity contribution in [3.8, 4) is 0 Å². The summed E-state index contributed by atoms with van der Waals surface area (Å²) in [6.07, 6.45) is 5.47. The second kappa shape index (κ2) is 7.31. The summed E-state index contributed by atoms with van der Waals surface area (Å²) in [5.74, 6) is 0.0304. The molecule has 0 radical (unpaired) electrons. The van der Waals surface area contributed by atoms with E-state index in [4.69, 9.17) is 4.42 Å². The van der Waals surface area contributed by atoms with E-state index < -0.39 is 0 Å². The zero-order valence-electron chi connectivity index (χ0n) is 15.8. The molecule has 0 N–H and O–H groups in total. The van der Waals surface area contributed by atoms with E-state index >= 15 is 0 Å². The molecule has 2 unspecified atom stereocenters. The number of furan rings is 1. The van der Waals surface area contributed by atoms with E-state index in [1.165, 1.54) is 6.26 Å². The zero-order valence-corrected chi connectivity index (χ0v) is 15.8. The molecule has 3 heterocycles. The van der Waals surface area contributed by atoms with Crippen molar-refractivity contribution < 1.29 is 14.0 Å². The number of aromatic nitrogens is 1. The molecule has 0 bridgehead atoms. The molecule has 0 spiro atoms. The lowest BCUT2D eigenvalue weighted by Crippen LogP contribution is -2.47. The molecule has 2 aromatic heterocycles. The lowest BCUT2D eigenvalue weighted by atomic mass is 9.90. The van der Waals surface area contributed by atoms with Crippen LogP contribution in [0.2, 0.25) is 0 Å². The number of hydrogen-bond acceptors (Lipinski definition) is 4. The molecular formula is C22H21N3O3. The minimum Gasteiger partial charge on any atom is -0.459 e. The maximum atomic E-state index is 13.0. The standard InChI is InChI=1S/C22H21N3O3/c1-15-13-19(25(16(2)26)17-7-4-3-5-8-17)18-10-11-23-14-20(18)24(15)22(27)21-9-6-12-28-21/h3-12,14-15,19H,13H2,1-2H3. The summed E-state index contributed by atoms with van der Waals surface area (Å²) in [5, 5.41) is 0. The van der Waals surface area contributed by atoms with Gasteiger partial charge in [0.05, 0.1) is 24.2 Å². The number of nitrogens with zero attached hydrogens (tertiary/aromatic N) is 3. The van der Waals surface area contributed by atoms with Crippen molar-refractivity contribution in [2.45, 2.75) is 32.4 Å². The molecule has 3 aromatic rings. The van der Waals surface area contributed by atoms with Gasteiger partial charge in [-0.1, -0.05) is 18.2 Å². The number of carbonyl (C=O) groups is 2. The molecule has 0 fully saturated rings. The molecule has 142 valence electrons. The quantitative estimate of drug-likeness (QED) is 0.688. The first-order chi connectivity index (χ1) is 13.6. The van der Waals surface area contributed by atoms with Crippen LogP contribution in [0.15, 0.2) is 71.6 Å². The van der Waals surface area contributed by atoms with Crippen LogP contribution in [0.5, 0.6) is 0 Å². The zero-order chi connectivity index (χ0) is 19.7. The summed E-state index contributed by atoms with van der Waals surface area (Å²) in [4.78, 5) is 33.4. The Kier molecular flexibility index (Phi) is 4.69. The largest absolute Gasteiger partial charge is 0.459 e. The van der Waals surface area contributed by atoms with Gasteiger partial charge in [-0.25, -0.2) is 0 Å². The molecule has 1 aliphatic heterocycles. The average molecular weight is 375 g/mol. The summed E-state index contributed by atoms with van der Waals surface area (Å²) in [7, 11) is 0. The third-order valence-electron chi connectivity index (χ3n) is 5.09. The van der Waals surface area contributed by atoms with Crippen molar-refractivity contribution in [1.29, 1.82) is 0 Å². The minimum absolute atomic E-state index is 0.0445. The van der Waals surface area contributed by atoms with E-state index in [-0.39, 0.29) is 29.7 Å². The van der Waals surface area contributed by atoms with E-state index in [0.717, 1.165) is 11.3 Å². The monoisotopic (exact) mass is 375 g/mol. The van der Waals surface area contributed by atoms with Crippen LogP contribution in [0, 0.1) is 0 Å². The lowest BCUT2D eigenvalue weighted by Gasteiger charge is -2.42. The molecule has 1 aliphatic rings. The fourth-order valence-electron chi connectivity index (χ4n) is 3.92. The first-order valence-electron chi connectivity index (χ1n) is 9.23. The second-order valence-corrected chi connectivity index (χ2v) is 6.91. The molecule has 2 amide bonds. The number of fused-ring (bicyclic) bond motifs is 1. The van der Waals surface area contributed by atoms with Crippen molar-refractivity contribution in [3.05, 3.63) is 78.5 Å².